The van der Waals surface area contributed by atoms with Crippen molar-refractivity contribution in [2.75, 3.05) is 0 Å². The third-order valence-electron chi connectivity index (χ3n) is 3.24. The van der Waals surface area contributed by atoms with Crippen LogP contribution in [0.2, 0.25) is 0 Å². The minimum absolute atomic E-state index is 0.269. The van der Waals surface area contributed by atoms with E-state index in [1.807, 2.05) is 35.0 Å². The van der Waals surface area contributed by atoms with Gasteiger partial charge in [-0.3, -0.25) is 0 Å². The molecule has 2 heterocycles. The Hall–Kier alpha value is -1.96. The molecule has 0 fully saturated rings. The van der Waals surface area contributed by atoms with Crippen LogP contribution in [0, 0.1) is 0 Å². The maximum atomic E-state index is 12.2. The van der Waals surface area contributed by atoms with Gasteiger partial charge in [-0.1, -0.05) is 30.3 Å². The van der Waals surface area contributed by atoms with Gasteiger partial charge in [0.05, 0.1) is 6.33 Å². The normalized spacial score (nSPS) is 11.6. The Kier molecular flexibility index (Phi) is 4.37. The summed E-state index contributed by atoms with van der Waals surface area (Å²) in [6, 6.07) is 11.1. The van der Waals surface area contributed by atoms with Crippen molar-refractivity contribution in [1.82, 2.24) is 14.3 Å². The van der Waals surface area contributed by atoms with E-state index in [-0.39, 0.29) is 6.54 Å². The number of rotatable bonds is 6. The lowest BCUT2D eigenvalue weighted by molar-refractivity contribution is 0.583. The highest BCUT2D eigenvalue weighted by Gasteiger charge is 2.15. The average Bonchev–Trinajstić information content (AvgIpc) is 3.20. The van der Waals surface area contributed by atoms with E-state index in [4.69, 9.17) is 0 Å². The number of benzene rings is 1. The van der Waals surface area contributed by atoms with Crippen LogP contribution in [0.4, 0.5) is 0 Å². The van der Waals surface area contributed by atoms with Gasteiger partial charge in [-0.15, -0.1) is 11.3 Å². The highest BCUT2D eigenvalue weighted by molar-refractivity contribution is 7.91. The summed E-state index contributed by atoms with van der Waals surface area (Å²) < 4.78 is 29.3. The van der Waals surface area contributed by atoms with Gasteiger partial charge in [-0.2, -0.15) is 0 Å². The van der Waals surface area contributed by atoms with E-state index in [0.29, 0.717) is 10.8 Å². The van der Waals surface area contributed by atoms with Crippen molar-refractivity contribution in [1.29, 1.82) is 0 Å². The molecule has 0 radical (unpaired) electrons. The molecular formula is C15H15N3O2S2. The Morgan fingerprint density at radius 1 is 1.14 bits per heavy atom. The molecule has 0 aliphatic carbocycles. The molecule has 0 bridgehead atoms. The summed E-state index contributed by atoms with van der Waals surface area (Å²) in [6.07, 6.45) is 5.35. The third kappa shape index (κ3) is 3.44. The third-order valence-corrected chi connectivity index (χ3v) is 6.04. The second-order valence-corrected chi connectivity index (χ2v) is 7.70. The molecule has 5 nitrogen and oxygen atoms in total. The number of hydrogen-bond donors (Lipinski definition) is 1. The first-order valence-corrected chi connectivity index (χ1v) is 9.07. The van der Waals surface area contributed by atoms with Crippen LogP contribution < -0.4 is 4.72 Å². The fourth-order valence-electron chi connectivity index (χ4n) is 2.12. The summed E-state index contributed by atoms with van der Waals surface area (Å²) in [4.78, 5) is 4.02. The van der Waals surface area contributed by atoms with Gasteiger partial charge in [0.25, 0.3) is 0 Å². The van der Waals surface area contributed by atoms with Gasteiger partial charge in [-0.05, 0) is 22.6 Å². The van der Waals surface area contributed by atoms with Crippen molar-refractivity contribution in [3.05, 3.63) is 71.6 Å². The molecular weight excluding hydrogens is 318 g/mol. The van der Waals surface area contributed by atoms with Gasteiger partial charge in [-0.25, -0.2) is 18.1 Å². The van der Waals surface area contributed by atoms with Crippen LogP contribution in [0.15, 0.2) is 64.7 Å². The highest BCUT2D eigenvalue weighted by atomic mass is 32.2. The van der Waals surface area contributed by atoms with E-state index < -0.39 is 10.0 Å². The van der Waals surface area contributed by atoms with Gasteiger partial charge in [0, 0.05) is 25.5 Å². The summed E-state index contributed by atoms with van der Waals surface area (Å²) >= 11 is 1.21. The Labute approximate surface area is 133 Å². The summed E-state index contributed by atoms with van der Waals surface area (Å²) in [6.45, 7) is 0.933. The molecule has 2 aromatic heterocycles. The molecule has 0 aliphatic heterocycles. The molecule has 0 saturated carbocycles. The minimum atomic E-state index is -3.44. The zero-order valence-corrected chi connectivity index (χ0v) is 13.3. The summed E-state index contributed by atoms with van der Waals surface area (Å²) in [5, 5.41) is 1.75. The number of hydrogen-bond acceptors (Lipinski definition) is 4. The number of thiophene rings is 1. The van der Waals surface area contributed by atoms with Crippen molar-refractivity contribution in [2.45, 2.75) is 17.3 Å². The van der Waals surface area contributed by atoms with Crippen molar-refractivity contribution in [2.24, 2.45) is 0 Å². The molecule has 0 saturated heterocycles. The van der Waals surface area contributed by atoms with Crippen LogP contribution in [-0.2, 0) is 23.1 Å². The van der Waals surface area contributed by atoms with E-state index in [9.17, 15) is 8.42 Å². The molecule has 114 valence electrons. The first kappa shape index (κ1) is 15.0. The van der Waals surface area contributed by atoms with E-state index in [0.717, 1.165) is 11.1 Å². The predicted octanol–water partition coefficient (Wildman–Crippen LogP) is 2.47. The first-order valence-electron chi connectivity index (χ1n) is 6.71. The van der Waals surface area contributed by atoms with Crippen LogP contribution in [0.1, 0.15) is 11.1 Å². The minimum Gasteiger partial charge on any atom is -0.333 e. The highest BCUT2D eigenvalue weighted by Crippen LogP contribution is 2.17. The molecule has 3 rings (SSSR count). The molecule has 0 aliphatic rings. The number of nitrogens with zero attached hydrogens (tertiary/aromatic N) is 2. The van der Waals surface area contributed by atoms with Crippen LogP contribution in [0.3, 0.4) is 0 Å². The van der Waals surface area contributed by atoms with Gasteiger partial charge in [0.2, 0.25) is 10.0 Å². The van der Waals surface area contributed by atoms with Crippen LogP contribution >= 0.6 is 11.3 Å². The van der Waals surface area contributed by atoms with Crippen molar-refractivity contribution in [3.8, 4) is 0 Å². The monoisotopic (exact) mass is 333 g/mol. The zero-order chi connectivity index (χ0) is 15.4. The number of imidazole rings is 1. The maximum Gasteiger partial charge on any atom is 0.250 e. The van der Waals surface area contributed by atoms with E-state index in [1.54, 1.807) is 30.0 Å². The average molecular weight is 333 g/mol. The van der Waals surface area contributed by atoms with Gasteiger partial charge in [0.15, 0.2) is 0 Å². The maximum absolute atomic E-state index is 12.2. The van der Waals surface area contributed by atoms with E-state index >= 15 is 0 Å². The predicted molar refractivity (Wildman–Crippen MR) is 86.1 cm³/mol. The topological polar surface area (TPSA) is 64.0 Å². The zero-order valence-electron chi connectivity index (χ0n) is 11.7. The van der Waals surface area contributed by atoms with Gasteiger partial charge < -0.3 is 4.57 Å². The van der Waals surface area contributed by atoms with Crippen molar-refractivity contribution < 1.29 is 8.42 Å². The lowest BCUT2D eigenvalue weighted by atomic mass is 10.1. The van der Waals surface area contributed by atoms with E-state index in [1.165, 1.54) is 11.3 Å². The molecule has 1 aromatic carbocycles. The molecule has 0 atom stereocenters. The largest absolute Gasteiger partial charge is 0.333 e. The standard InChI is InChI=1S/C15H15N3O2S2/c19-22(20,15-6-3-9-21-15)17-10-13-4-1-2-5-14(13)11-18-8-7-16-12-18/h1-9,12,17H,10-11H2. The Balaban J connectivity index is 1.76. The summed E-state index contributed by atoms with van der Waals surface area (Å²) in [7, 11) is -3.44. The van der Waals surface area contributed by atoms with Crippen LogP contribution in [0.5, 0.6) is 0 Å². The molecule has 0 spiro atoms. The molecule has 0 amide bonds. The summed E-state index contributed by atoms with van der Waals surface area (Å²) in [5.74, 6) is 0. The molecule has 22 heavy (non-hydrogen) atoms. The van der Waals surface area contributed by atoms with Crippen LogP contribution in [0.25, 0.3) is 0 Å². The number of aromatic nitrogens is 2. The summed E-state index contributed by atoms with van der Waals surface area (Å²) in [5.41, 5.74) is 2.02. The second kappa shape index (κ2) is 6.43. The fourth-order valence-corrected chi connectivity index (χ4v) is 4.17. The SMILES string of the molecule is O=S(=O)(NCc1ccccc1Cn1ccnc1)c1cccs1. The molecule has 0 unspecified atom stereocenters. The molecule has 1 N–H and O–H groups in total. The smallest absolute Gasteiger partial charge is 0.250 e. The second-order valence-electron chi connectivity index (χ2n) is 4.76. The first-order chi connectivity index (χ1) is 10.6. The fraction of sp³-hybridized carbons (Fsp3) is 0.133. The lowest BCUT2D eigenvalue weighted by Crippen LogP contribution is -2.23. The Morgan fingerprint density at radius 2 is 1.95 bits per heavy atom. The van der Waals surface area contributed by atoms with Gasteiger partial charge in [0.1, 0.15) is 4.21 Å². The molecule has 7 heteroatoms. The molecule has 3 aromatic rings. The van der Waals surface area contributed by atoms with E-state index in [2.05, 4.69) is 9.71 Å². The van der Waals surface area contributed by atoms with Crippen molar-refractivity contribution in [3.63, 3.8) is 0 Å². The Morgan fingerprint density at radius 3 is 2.64 bits per heavy atom. The number of sulfonamides is 1. The van der Waals surface area contributed by atoms with Crippen molar-refractivity contribution >= 4 is 21.4 Å². The number of nitrogens with one attached hydrogen (secondary N) is 1. The van der Waals surface area contributed by atoms with Gasteiger partial charge >= 0.3 is 0 Å². The lowest BCUT2D eigenvalue weighted by Gasteiger charge is -2.11. The van der Waals surface area contributed by atoms with Crippen LogP contribution in [-0.4, -0.2) is 18.0 Å². The Bertz CT molecular complexity index is 826. The quantitative estimate of drug-likeness (QED) is 0.754.